The van der Waals surface area contributed by atoms with Crippen LogP contribution in [0.4, 0.5) is 16.4 Å². The standard InChI is InChI=1S/C23H32N6O2/c1-28(2)23(18-7-5-4-6-8-18)11-9-22(10-12-23)17-29(21(30)27-22)19-15-25-20(26-16-19)24-13-14-31-3/h4-8,15-16H,9-14,17H2,1-3H3,(H,27,30)(H,24,25,26)/t22-,23-. The summed E-state index contributed by atoms with van der Waals surface area (Å²) in [6, 6.07) is 10.7. The molecule has 1 saturated carbocycles. The number of urea groups is 1. The number of amides is 2. The Morgan fingerprint density at radius 3 is 2.42 bits per heavy atom. The predicted octanol–water partition coefficient (Wildman–Crippen LogP) is 2.83. The molecule has 1 aliphatic carbocycles. The fourth-order valence-electron chi connectivity index (χ4n) is 4.90. The van der Waals surface area contributed by atoms with Gasteiger partial charge in [0.25, 0.3) is 0 Å². The lowest BCUT2D eigenvalue weighted by atomic mass is 9.69. The van der Waals surface area contributed by atoms with Crippen LogP contribution in [0.15, 0.2) is 42.7 Å². The van der Waals surface area contributed by atoms with Crippen LogP contribution in [0.3, 0.4) is 0 Å². The van der Waals surface area contributed by atoms with E-state index >= 15 is 0 Å². The maximum atomic E-state index is 12.8. The summed E-state index contributed by atoms with van der Waals surface area (Å²) in [6.45, 7) is 1.86. The van der Waals surface area contributed by atoms with Gasteiger partial charge < -0.3 is 15.4 Å². The Morgan fingerprint density at radius 1 is 1.13 bits per heavy atom. The lowest BCUT2D eigenvalue weighted by molar-refractivity contribution is 0.0658. The average molecular weight is 425 g/mol. The molecular formula is C23H32N6O2. The number of anilines is 2. The van der Waals surface area contributed by atoms with Gasteiger partial charge >= 0.3 is 6.03 Å². The highest BCUT2D eigenvalue weighted by molar-refractivity contribution is 5.95. The number of nitrogens with zero attached hydrogens (tertiary/aromatic N) is 4. The highest BCUT2D eigenvalue weighted by atomic mass is 16.5. The van der Waals surface area contributed by atoms with Crippen LogP contribution in [0.1, 0.15) is 31.2 Å². The van der Waals surface area contributed by atoms with Gasteiger partial charge in [-0.3, -0.25) is 9.80 Å². The van der Waals surface area contributed by atoms with E-state index in [1.54, 1.807) is 24.4 Å². The van der Waals surface area contributed by atoms with Crippen molar-refractivity contribution >= 4 is 17.7 Å². The Kier molecular flexibility index (Phi) is 6.11. The molecule has 0 bridgehead atoms. The summed E-state index contributed by atoms with van der Waals surface area (Å²) in [4.78, 5) is 25.6. The number of rotatable bonds is 7. The molecule has 1 aromatic carbocycles. The van der Waals surface area contributed by atoms with Crippen molar-refractivity contribution in [2.24, 2.45) is 0 Å². The highest BCUT2D eigenvalue weighted by Gasteiger charge is 2.50. The Balaban J connectivity index is 1.45. The minimum absolute atomic E-state index is 0.00326. The summed E-state index contributed by atoms with van der Waals surface area (Å²) in [5.41, 5.74) is 1.87. The molecule has 8 nitrogen and oxygen atoms in total. The lowest BCUT2D eigenvalue weighted by Gasteiger charge is -2.48. The predicted molar refractivity (Wildman–Crippen MR) is 121 cm³/mol. The first-order valence-corrected chi connectivity index (χ1v) is 10.9. The lowest BCUT2D eigenvalue weighted by Crippen LogP contribution is -2.54. The minimum atomic E-state index is -0.208. The van der Waals surface area contributed by atoms with Crippen molar-refractivity contribution in [2.75, 3.05) is 51.1 Å². The molecule has 2 aliphatic rings. The van der Waals surface area contributed by atoms with Gasteiger partial charge in [-0.15, -0.1) is 0 Å². The van der Waals surface area contributed by atoms with E-state index in [2.05, 4.69) is 69.9 Å². The van der Waals surface area contributed by atoms with Crippen LogP contribution in [0.5, 0.6) is 0 Å². The molecule has 1 spiro atoms. The molecule has 8 heteroatoms. The number of hydrogen-bond donors (Lipinski definition) is 2. The molecule has 4 rings (SSSR count). The van der Waals surface area contributed by atoms with E-state index in [0.717, 1.165) is 31.4 Å². The molecule has 1 aromatic heterocycles. The van der Waals surface area contributed by atoms with Crippen LogP contribution >= 0.6 is 0 Å². The maximum absolute atomic E-state index is 12.8. The van der Waals surface area contributed by atoms with E-state index in [9.17, 15) is 4.79 Å². The molecule has 2 N–H and O–H groups in total. The first kappa shape index (κ1) is 21.5. The molecule has 0 unspecified atom stereocenters. The van der Waals surface area contributed by atoms with E-state index in [4.69, 9.17) is 4.74 Å². The van der Waals surface area contributed by atoms with E-state index in [0.29, 0.717) is 25.6 Å². The van der Waals surface area contributed by atoms with Gasteiger partial charge in [-0.25, -0.2) is 14.8 Å². The molecule has 2 amide bonds. The first-order chi connectivity index (χ1) is 15.0. The average Bonchev–Trinajstić information content (AvgIpc) is 3.11. The molecule has 1 saturated heterocycles. The zero-order valence-corrected chi connectivity index (χ0v) is 18.6. The Labute approximate surface area is 184 Å². The maximum Gasteiger partial charge on any atom is 0.322 e. The monoisotopic (exact) mass is 424 g/mol. The van der Waals surface area contributed by atoms with Gasteiger partial charge in [0.2, 0.25) is 5.95 Å². The second-order valence-corrected chi connectivity index (χ2v) is 8.77. The molecular weight excluding hydrogens is 392 g/mol. The molecule has 0 radical (unpaired) electrons. The van der Waals surface area contributed by atoms with Gasteiger partial charge in [-0.1, -0.05) is 30.3 Å². The van der Waals surface area contributed by atoms with Gasteiger partial charge in [0.05, 0.1) is 36.8 Å². The van der Waals surface area contributed by atoms with E-state index in [1.165, 1.54) is 5.56 Å². The second kappa shape index (κ2) is 8.80. The minimum Gasteiger partial charge on any atom is -0.383 e. The molecule has 31 heavy (non-hydrogen) atoms. The van der Waals surface area contributed by atoms with Crippen molar-refractivity contribution in [1.82, 2.24) is 20.2 Å². The SMILES string of the molecule is COCCNc1ncc(N2C[C@]3(CC[C@@](c4ccccc4)(N(C)C)CC3)NC2=O)cn1. The molecule has 2 heterocycles. The van der Waals surface area contributed by atoms with Crippen molar-refractivity contribution in [3.8, 4) is 0 Å². The molecule has 0 atom stereocenters. The van der Waals surface area contributed by atoms with Gasteiger partial charge in [0.1, 0.15) is 0 Å². The molecule has 1 aliphatic heterocycles. The summed E-state index contributed by atoms with van der Waals surface area (Å²) in [5, 5.41) is 6.38. The molecule has 2 aromatic rings. The van der Waals surface area contributed by atoms with Gasteiger partial charge in [0, 0.05) is 19.2 Å². The van der Waals surface area contributed by atoms with Crippen molar-refractivity contribution in [1.29, 1.82) is 0 Å². The fraction of sp³-hybridized carbons (Fsp3) is 0.522. The van der Waals surface area contributed by atoms with E-state index in [-0.39, 0.29) is 17.1 Å². The van der Waals surface area contributed by atoms with Crippen LogP contribution in [-0.2, 0) is 10.3 Å². The smallest absolute Gasteiger partial charge is 0.322 e. The number of hydrogen-bond acceptors (Lipinski definition) is 6. The number of nitrogens with one attached hydrogen (secondary N) is 2. The fourth-order valence-corrected chi connectivity index (χ4v) is 4.90. The first-order valence-electron chi connectivity index (χ1n) is 10.9. The highest BCUT2D eigenvalue weighted by Crippen LogP contribution is 2.46. The summed E-state index contributed by atoms with van der Waals surface area (Å²) in [7, 11) is 5.97. The second-order valence-electron chi connectivity index (χ2n) is 8.77. The zero-order chi connectivity index (χ0) is 21.9. The van der Waals surface area contributed by atoms with Crippen LogP contribution in [0, 0.1) is 0 Å². The van der Waals surface area contributed by atoms with Crippen molar-refractivity contribution in [3.63, 3.8) is 0 Å². The van der Waals surface area contributed by atoms with Crippen LogP contribution < -0.4 is 15.5 Å². The Bertz CT molecular complexity index is 879. The summed E-state index contributed by atoms with van der Waals surface area (Å²) < 4.78 is 5.02. The van der Waals surface area contributed by atoms with Crippen LogP contribution in [0.2, 0.25) is 0 Å². The van der Waals surface area contributed by atoms with Crippen molar-refractivity contribution in [2.45, 2.75) is 36.8 Å². The number of carbonyl (C=O) groups is 1. The third-order valence-corrected chi connectivity index (χ3v) is 6.82. The largest absolute Gasteiger partial charge is 0.383 e. The number of carbonyl (C=O) groups excluding carboxylic acids is 1. The van der Waals surface area contributed by atoms with Gasteiger partial charge in [0.15, 0.2) is 0 Å². The van der Waals surface area contributed by atoms with Gasteiger partial charge in [-0.2, -0.15) is 0 Å². The number of ether oxygens (including phenoxy) is 1. The molecule has 166 valence electrons. The van der Waals surface area contributed by atoms with Crippen molar-refractivity contribution < 1.29 is 9.53 Å². The summed E-state index contributed by atoms with van der Waals surface area (Å²) >= 11 is 0. The summed E-state index contributed by atoms with van der Waals surface area (Å²) in [6.07, 6.45) is 7.27. The summed E-state index contributed by atoms with van der Waals surface area (Å²) in [5.74, 6) is 0.534. The van der Waals surface area contributed by atoms with Crippen LogP contribution in [0.25, 0.3) is 0 Å². The van der Waals surface area contributed by atoms with Gasteiger partial charge in [-0.05, 0) is 45.3 Å². The molecule has 2 fully saturated rings. The topological polar surface area (TPSA) is 82.6 Å². The van der Waals surface area contributed by atoms with Crippen LogP contribution in [-0.4, -0.2) is 67.3 Å². The third-order valence-electron chi connectivity index (χ3n) is 6.82. The number of methoxy groups -OCH3 is 1. The quantitative estimate of drug-likeness (QED) is 0.665. The Hall–Kier alpha value is -2.71. The normalized spacial score (nSPS) is 25.8. The Morgan fingerprint density at radius 2 is 1.81 bits per heavy atom. The third kappa shape index (κ3) is 4.22. The number of benzene rings is 1. The van der Waals surface area contributed by atoms with E-state index < -0.39 is 0 Å². The van der Waals surface area contributed by atoms with E-state index in [1.807, 2.05) is 0 Å². The number of aromatic nitrogens is 2. The zero-order valence-electron chi connectivity index (χ0n) is 18.6. The van der Waals surface area contributed by atoms with Crippen molar-refractivity contribution in [3.05, 3.63) is 48.3 Å².